The number of rotatable bonds is 0. The molecule has 1 heterocycles. The Morgan fingerprint density at radius 2 is 2.15 bits per heavy atom. The second-order valence-corrected chi connectivity index (χ2v) is 4.42. The van der Waals surface area contributed by atoms with Crippen LogP contribution in [0.15, 0.2) is 18.2 Å². The molecule has 1 aromatic rings. The van der Waals surface area contributed by atoms with Crippen molar-refractivity contribution >= 4 is 0 Å². The normalized spacial score (nSPS) is 22.8. The summed E-state index contributed by atoms with van der Waals surface area (Å²) in [6.45, 7) is 3.35. The molecule has 1 nitrogen and oxygen atoms in total. The molecule has 0 saturated heterocycles. The van der Waals surface area contributed by atoms with Gasteiger partial charge in [0, 0.05) is 12.1 Å². The number of nitrogens with one attached hydrogen (secondary N) is 1. The van der Waals surface area contributed by atoms with Gasteiger partial charge in [0.15, 0.2) is 0 Å². The van der Waals surface area contributed by atoms with E-state index in [1.54, 1.807) is 11.1 Å². The first kappa shape index (κ1) is 7.57. The van der Waals surface area contributed by atoms with Crippen LogP contribution in [0, 0.1) is 6.92 Å². The van der Waals surface area contributed by atoms with Crippen LogP contribution in [0.1, 0.15) is 29.5 Å². The Kier molecular flexibility index (Phi) is 1.37. The van der Waals surface area contributed by atoms with Crippen LogP contribution in [-0.4, -0.2) is 6.54 Å². The van der Waals surface area contributed by atoms with E-state index in [0.717, 1.165) is 6.54 Å². The summed E-state index contributed by atoms with van der Waals surface area (Å²) >= 11 is 0. The Morgan fingerprint density at radius 3 is 2.92 bits per heavy atom. The lowest BCUT2D eigenvalue weighted by molar-refractivity contribution is 0.489. The second-order valence-electron chi connectivity index (χ2n) is 4.42. The smallest absolute Gasteiger partial charge is 0.0439 e. The van der Waals surface area contributed by atoms with Gasteiger partial charge in [-0.2, -0.15) is 0 Å². The predicted octanol–water partition coefficient (Wildman–Crippen LogP) is 2.13. The highest BCUT2D eigenvalue weighted by atomic mass is 15.0. The molecular formula is C12H15N. The minimum atomic E-state index is 0.402. The van der Waals surface area contributed by atoms with E-state index >= 15 is 0 Å². The van der Waals surface area contributed by atoms with Gasteiger partial charge in [-0.15, -0.1) is 0 Å². The quantitative estimate of drug-likeness (QED) is 0.633. The lowest BCUT2D eigenvalue weighted by Crippen LogP contribution is -2.36. The maximum atomic E-state index is 3.65. The van der Waals surface area contributed by atoms with Gasteiger partial charge >= 0.3 is 0 Å². The summed E-state index contributed by atoms with van der Waals surface area (Å²) in [5, 5.41) is 3.65. The molecule has 1 saturated carbocycles. The highest BCUT2D eigenvalue weighted by molar-refractivity contribution is 5.42. The molecule has 0 radical (unpaired) electrons. The molecule has 1 heteroatoms. The van der Waals surface area contributed by atoms with E-state index < -0.39 is 0 Å². The SMILES string of the molecule is Cc1ccc2c(c1)C1(CC1)NCC2. The minimum absolute atomic E-state index is 0.402. The predicted molar refractivity (Wildman–Crippen MR) is 53.8 cm³/mol. The third kappa shape index (κ3) is 1.03. The van der Waals surface area contributed by atoms with Crippen molar-refractivity contribution in [2.45, 2.75) is 31.7 Å². The maximum absolute atomic E-state index is 3.65. The molecule has 1 fully saturated rings. The van der Waals surface area contributed by atoms with Gasteiger partial charge in [0.25, 0.3) is 0 Å². The highest BCUT2D eigenvalue weighted by Gasteiger charge is 2.46. The topological polar surface area (TPSA) is 12.0 Å². The van der Waals surface area contributed by atoms with E-state index in [9.17, 15) is 0 Å². The van der Waals surface area contributed by atoms with Crippen LogP contribution in [-0.2, 0) is 12.0 Å². The summed E-state index contributed by atoms with van der Waals surface area (Å²) in [6, 6.07) is 6.92. The molecule has 0 atom stereocenters. The number of hydrogen-bond acceptors (Lipinski definition) is 1. The summed E-state index contributed by atoms with van der Waals surface area (Å²) in [4.78, 5) is 0. The molecule has 1 spiro atoms. The van der Waals surface area contributed by atoms with E-state index in [-0.39, 0.29) is 0 Å². The largest absolute Gasteiger partial charge is 0.307 e. The summed E-state index contributed by atoms with van der Waals surface area (Å²) < 4.78 is 0. The summed E-state index contributed by atoms with van der Waals surface area (Å²) in [6.07, 6.45) is 3.88. The van der Waals surface area contributed by atoms with E-state index in [1.165, 1.54) is 24.8 Å². The van der Waals surface area contributed by atoms with Crippen LogP contribution < -0.4 is 5.32 Å². The average molecular weight is 173 g/mol. The van der Waals surface area contributed by atoms with Gasteiger partial charge in [0.2, 0.25) is 0 Å². The Balaban J connectivity index is 2.16. The lowest BCUT2D eigenvalue weighted by Gasteiger charge is -2.27. The van der Waals surface area contributed by atoms with Crippen molar-refractivity contribution < 1.29 is 0 Å². The van der Waals surface area contributed by atoms with E-state index in [2.05, 4.69) is 30.4 Å². The fraction of sp³-hybridized carbons (Fsp3) is 0.500. The second kappa shape index (κ2) is 2.36. The number of fused-ring (bicyclic) bond motifs is 2. The van der Waals surface area contributed by atoms with Gasteiger partial charge in [0.05, 0.1) is 0 Å². The van der Waals surface area contributed by atoms with E-state index in [1.807, 2.05) is 0 Å². The molecule has 0 amide bonds. The monoisotopic (exact) mass is 173 g/mol. The average Bonchev–Trinajstić information content (AvgIpc) is 2.88. The highest BCUT2D eigenvalue weighted by Crippen LogP contribution is 2.48. The molecule has 1 N–H and O–H groups in total. The van der Waals surface area contributed by atoms with Crippen LogP contribution in [0.3, 0.4) is 0 Å². The fourth-order valence-corrected chi connectivity index (χ4v) is 2.46. The fourth-order valence-electron chi connectivity index (χ4n) is 2.46. The van der Waals surface area contributed by atoms with Crippen LogP contribution in [0.4, 0.5) is 0 Å². The van der Waals surface area contributed by atoms with Gasteiger partial charge < -0.3 is 5.32 Å². The molecule has 1 aliphatic carbocycles. The third-order valence-electron chi connectivity index (χ3n) is 3.39. The zero-order chi connectivity index (χ0) is 8.89. The number of aryl methyl sites for hydroxylation is 1. The molecule has 68 valence electrons. The van der Waals surface area contributed by atoms with Crippen molar-refractivity contribution in [3.8, 4) is 0 Å². The van der Waals surface area contributed by atoms with Crippen molar-refractivity contribution in [3.63, 3.8) is 0 Å². The van der Waals surface area contributed by atoms with Gasteiger partial charge in [-0.1, -0.05) is 23.8 Å². The molecule has 13 heavy (non-hydrogen) atoms. The van der Waals surface area contributed by atoms with Crippen molar-refractivity contribution in [1.29, 1.82) is 0 Å². The Hall–Kier alpha value is -0.820. The van der Waals surface area contributed by atoms with Crippen molar-refractivity contribution in [3.05, 3.63) is 34.9 Å². The molecule has 2 aliphatic rings. The van der Waals surface area contributed by atoms with Gasteiger partial charge in [-0.25, -0.2) is 0 Å². The van der Waals surface area contributed by atoms with Crippen molar-refractivity contribution in [2.24, 2.45) is 0 Å². The van der Waals surface area contributed by atoms with E-state index in [4.69, 9.17) is 0 Å². The third-order valence-corrected chi connectivity index (χ3v) is 3.39. The van der Waals surface area contributed by atoms with E-state index in [0.29, 0.717) is 5.54 Å². The Bertz CT molecular complexity index is 350. The standard InChI is InChI=1S/C12H15N/c1-9-2-3-10-4-7-13-12(5-6-12)11(10)8-9/h2-3,8,13H,4-7H2,1H3. The van der Waals surface area contributed by atoms with Crippen LogP contribution in [0.2, 0.25) is 0 Å². The molecule has 1 aliphatic heterocycles. The van der Waals surface area contributed by atoms with Gasteiger partial charge in [0.1, 0.15) is 0 Å². The maximum Gasteiger partial charge on any atom is 0.0439 e. The first-order valence-corrected chi connectivity index (χ1v) is 5.15. The lowest BCUT2D eigenvalue weighted by atomic mass is 9.91. The summed E-state index contributed by atoms with van der Waals surface area (Å²) in [5.74, 6) is 0. The minimum Gasteiger partial charge on any atom is -0.307 e. The van der Waals surface area contributed by atoms with Crippen molar-refractivity contribution in [1.82, 2.24) is 5.32 Å². The molecule has 0 unspecified atom stereocenters. The van der Waals surface area contributed by atoms with Crippen LogP contribution in [0.5, 0.6) is 0 Å². The Morgan fingerprint density at radius 1 is 1.31 bits per heavy atom. The van der Waals surface area contributed by atoms with Gasteiger partial charge in [-0.3, -0.25) is 0 Å². The number of benzene rings is 1. The summed E-state index contributed by atoms with van der Waals surface area (Å²) in [7, 11) is 0. The molecule has 1 aromatic carbocycles. The number of hydrogen-bond donors (Lipinski definition) is 1. The zero-order valence-electron chi connectivity index (χ0n) is 8.06. The van der Waals surface area contributed by atoms with Crippen LogP contribution in [0.25, 0.3) is 0 Å². The van der Waals surface area contributed by atoms with Crippen LogP contribution >= 0.6 is 0 Å². The van der Waals surface area contributed by atoms with Gasteiger partial charge in [-0.05, 0) is 37.3 Å². The Labute approximate surface area is 79.2 Å². The summed E-state index contributed by atoms with van der Waals surface area (Å²) in [5.41, 5.74) is 4.95. The first-order valence-electron chi connectivity index (χ1n) is 5.15. The molecule has 0 bridgehead atoms. The van der Waals surface area contributed by atoms with Crippen molar-refractivity contribution in [2.75, 3.05) is 6.54 Å². The molecule has 3 rings (SSSR count). The first-order chi connectivity index (χ1) is 6.30. The molecule has 0 aromatic heterocycles. The molecular weight excluding hydrogens is 158 g/mol. The zero-order valence-corrected chi connectivity index (χ0v) is 8.06.